The lowest BCUT2D eigenvalue weighted by Gasteiger charge is -2.26. The number of thioether (sulfide) groups is 1. The molecule has 4 rings (SSSR count). The van der Waals surface area contributed by atoms with E-state index in [9.17, 15) is 0 Å². The van der Waals surface area contributed by atoms with Gasteiger partial charge < -0.3 is 10.5 Å². The van der Waals surface area contributed by atoms with Crippen LogP contribution in [0, 0.1) is 5.92 Å². The van der Waals surface area contributed by atoms with Crippen LogP contribution in [-0.2, 0) is 23.5 Å². The van der Waals surface area contributed by atoms with Crippen molar-refractivity contribution in [2.24, 2.45) is 5.92 Å². The molecule has 0 saturated heterocycles. The average molecular weight is 372 g/mol. The summed E-state index contributed by atoms with van der Waals surface area (Å²) in [6, 6.07) is 10.3. The van der Waals surface area contributed by atoms with Crippen molar-refractivity contribution >= 4 is 39.1 Å². The number of benzene rings is 1. The molecule has 0 unspecified atom stereocenters. The van der Waals surface area contributed by atoms with E-state index in [1.165, 1.54) is 16.0 Å². The van der Waals surface area contributed by atoms with Gasteiger partial charge in [-0.2, -0.15) is 0 Å². The fraction of sp³-hybridized carbons (Fsp3) is 0.368. The van der Waals surface area contributed by atoms with Crippen LogP contribution < -0.4 is 5.73 Å². The van der Waals surface area contributed by atoms with Gasteiger partial charge in [-0.25, -0.2) is 9.97 Å². The first-order chi connectivity index (χ1) is 12.1. The largest absolute Gasteiger partial charge is 0.383 e. The minimum atomic E-state index is 0.247. The van der Waals surface area contributed by atoms with Crippen LogP contribution in [0.5, 0.6) is 0 Å². The van der Waals surface area contributed by atoms with Gasteiger partial charge in [-0.15, -0.1) is 11.3 Å². The third kappa shape index (κ3) is 3.38. The number of ether oxygens (including phenoxy) is 1. The van der Waals surface area contributed by atoms with Crippen LogP contribution in [0.25, 0.3) is 10.2 Å². The molecule has 0 bridgehead atoms. The first kappa shape index (κ1) is 16.8. The molecule has 0 amide bonds. The van der Waals surface area contributed by atoms with Gasteiger partial charge in [-0.3, -0.25) is 0 Å². The number of nitrogen functional groups attached to an aromatic ring is 1. The first-order valence-electron chi connectivity index (χ1n) is 8.48. The minimum Gasteiger partial charge on any atom is -0.383 e. The summed E-state index contributed by atoms with van der Waals surface area (Å²) in [6.45, 7) is 5.05. The van der Waals surface area contributed by atoms with Crippen molar-refractivity contribution in [3.63, 3.8) is 0 Å². The van der Waals surface area contributed by atoms with Crippen LogP contribution in [0.4, 0.5) is 5.82 Å². The van der Waals surface area contributed by atoms with Gasteiger partial charge in [-0.05, 0) is 17.0 Å². The van der Waals surface area contributed by atoms with E-state index in [1.807, 2.05) is 18.2 Å². The Morgan fingerprint density at radius 1 is 1.28 bits per heavy atom. The molecule has 0 aliphatic carbocycles. The van der Waals surface area contributed by atoms with E-state index in [0.717, 1.165) is 27.5 Å². The Hall–Kier alpha value is -1.63. The van der Waals surface area contributed by atoms with Crippen molar-refractivity contribution in [2.45, 2.75) is 43.9 Å². The van der Waals surface area contributed by atoms with E-state index in [-0.39, 0.29) is 6.10 Å². The summed E-state index contributed by atoms with van der Waals surface area (Å²) in [6.07, 6.45) is 1.15. The number of hydrogen-bond donors (Lipinski definition) is 1. The highest BCUT2D eigenvalue weighted by Gasteiger charge is 2.27. The van der Waals surface area contributed by atoms with Gasteiger partial charge in [0.25, 0.3) is 0 Å². The highest BCUT2D eigenvalue weighted by Crippen LogP contribution is 2.39. The molecule has 1 aromatic carbocycles. The summed E-state index contributed by atoms with van der Waals surface area (Å²) >= 11 is 3.32. The maximum Gasteiger partial charge on any atom is 0.191 e. The summed E-state index contributed by atoms with van der Waals surface area (Å²) in [4.78, 5) is 11.6. The van der Waals surface area contributed by atoms with Crippen molar-refractivity contribution < 1.29 is 4.74 Å². The summed E-state index contributed by atoms with van der Waals surface area (Å²) in [7, 11) is 0. The molecule has 0 fully saturated rings. The molecule has 130 valence electrons. The van der Waals surface area contributed by atoms with Crippen molar-refractivity contribution in [1.29, 1.82) is 0 Å². The Morgan fingerprint density at radius 3 is 2.84 bits per heavy atom. The van der Waals surface area contributed by atoms with Crippen LogP contribution in [-0.4, -0.2) is 16.1 Å². The summed E-state index contributed by atoms with van der Waals surface area (Å²) in [5.74, 6) is 1.93. The second-order valence-corrected chi connectivity index (χ2v) is 8.67. The number of fused-ring (bicyclic) bond motifs is 3. The highest BCUT2D eigenvalue weighted by molar-refractivity contribution is 7.98. The van der Waals surface area contributed by atoms with Gasteiger partial charge in [0.1, 0.15) is 10.6 Å². The first-order valence-corrected chi connectivity index (χ1v) is 10.3. The van der Waals surface area contributed by atoms with Gasteiger partial charge in [0, 0.05) is 17.1 Å². The summed E-state index contributed by atoms with van der Waals surface area (Å²) in [5.41, 5.74) is 8.87. The van der Waals surface area contributed by atoms with E-state index in [4.69, 9.17) is 15.5 Å². The SMILES string of the molecule is CC(C)[C@@H]1Cc2c(sc3nc(SCc4ccccc4)nc(N)c23)CO1. The van der Waals surface area contributed by atoms with Crippen molar-refractivity contribution in [1.82, 2.24) is 9.97 Å². The Labute approximate surface area is 155 Å². The topological polar surface area (TPSA) is 61.0 Å². The molecule has 3 heterocycles. The lowest BCUT2D eigenvalue weighted by molar-refractivity contribution is 0.00203. The molecule has 1 aliphatic heterocycles. The van der Waals surface area contributed by atoms with Crippen LogP contribution in [0.2, 0.25) is 0 Å². The predicted molar refractivity (Wildman–Crippen MR) is 105 cm³/mol. The zero-order valence-electron chi connectivity index (χ0n) is 14.4. The van der Waals surface area contributed by atoms with Crippen molar-refractivity contribution in [3.05, 3.63) is 46.3 Å². The van der Waals surface area contributed by atoms with Gasteiger partial charge >= 0.3 is 0 Å². The van der Waals surface area contributed by atoms with Gasteiger partial charge in [0.15, 0.2) is 5.16 Å². The number of thiophene rings is 1. The van der Waals surface area contributed by atoms with Crippen LogP contribution in [0.1, 0.15) is 29.9 Å². The monoisotopic (exact) mass is 371 g/mol. The quantitative estimate of drug-likeness (QED) is 0.534. The molecule has 0 spiro atoms. The molecule has 3 aromatic rings. The third-order valence-electron chi connectivity index (χ3n) is 4.53. The molecule has 2 N–H and O–H groups in total. The zero-order chi connectivity index (χ0) is 17.4. The fourth-order valence-corrected chi connectivity index (χ4v) is 5.10. The second-order valence-electron chi connectivity index (χ2n) is 6.65. The molecule has 1 aliphatic rings. The molecule has 6 heteroatoms. The molecule has 0 radical (unpaired) electrons. The maximum absolute atomic E-state index is 6.32. The standard InChI is InChI=1S/C19H21N3OS2/c1-11(2)14-8-13-15(9-23-14)25-18-16(13)17(20)21-19(22-18)24-10-12-6-4-3-5-7-12/h3-7,11,14H,8-10H2,1-2H3,(H2,20,21,22)/t14-/m0/s1. The third-order valence-corrected chi connectivity index (χ3v) is 6.55. The fourth-order valence-electron chi connectivity index (χ4n) is 3.10. The highest BCUT2D eigenvalue weighted by atomic mass is 32.2. The van der Waals surface area contributed by atoms with Gasteiger partial charge in [0.2, 0.25) is 0 Å². The van der Waals surface area contributed by atoms with Gasteiger partial charge in [0.05, 0.1) is 18.1 Å². The number of aromatic nitrogens is 2. The van der Waals surface area contributed by atoms with Crippen LogP contribution in [0.3, 0.4) is 0 Å². The minimum absolute atomic E-state index is 0.247. The van der Waals surface area contributed by atoms with Crippen LogP contribution >= 0.6 is 23.1 Å². The average Bonchev–Trinajstić information content (AvgIpc) is 2.98. The second kappa shape index (κ2) is 6.94. The Morgan fingerprint density at radius 2 is 2.08 bits per heavy atom. The lowest BCUT2D eigenvalue weighted by atomic mass is 9.96. The molecule has 1 atom stereocenters. The maximum atomic E-state index is 6.32. The smallest absolute Gasteiger partial charge is 0.191 e. The normalized spacial score (nSPS) is 17.2. The molecule has 0 saturated carbocycles. The molecule has 25 heavy (non-hydrogen) atoms. The van der Waals surface area contributed by atoms with Gasteiger partial charge in [-0.1, -0.05) is 55.9 Å². The van der Waals surface area contributed by atoms with Crippen molar-refractivity contribution in [3.8, 4) is 0 Å². The van der Waals surface area contributed by atoms with E-state index in [0.29, 0.717) is 18.3 Å². The number of hydrogen-bond acceptors (Lipinski definition) is 6. The van der Waals surface area contributed by atoms with E-state index < -0.39 is 0 Å². The lowest BCUT2D eigenvalue weighted by Crippen LogP contribution is -2.26. The van der Waals surface area contributed by atoms with E-state index in [2.05, 4.69) is 31.0 Å². The number of rotatable bonds is 4. The van der Waals surface area contributed by atoms with Crippen LogP contribution in [0.15, 0.2) is 35.5 Å². The molecular weight excluding hydrogens is 350 g/mol. The molecule has 4 nitrogen and oxygen atoms in total. The summed E-state index contributed by atoms with van der Waals surface area (Å²) < 4.78 is 5.99. The molecular formula is C19H21N3OS2. The predicted octanol–water partition coefficient (Wildman–Crippen LogP) is 4.66. The van der Waals surface area contributed by atoms with E-state index in [1.54, 1.807) is 23.1 Å². The molecule has 2 aromatic heterocycles. The zero-order valence-corrected chi connectivity index (χ0v) is 16.0. The summed E-state index contributed by atoms with van der Waals surface area (Å²) in [5, 5.41) is 1.78. The Balaban J connectivity index is 1.63. The van der Waals surface area contributed by atoms with Crippen molar-refractivity contribution in [2.75, 3.05) is 5.73 Å². The number of anilines is 1. The number of nitrogens with zero attached hydrogens (tertiary/aromatic N) is 2. The number of nitrogens with two attached hydrogens (primary N) is 1. The van der Waals surface area contributed by atoms with E-state index >= 15 is 0 Å². The Bertz CT molecular complexity index is 893. The Kier molecular flexibility index (Phi) is 4.67.